The maximum atomic E-state index is 11.5. The Hall–Kier alpha value is -1.55. The zero-order valence-electron chi connectivity index (χ0n) is 8.41. The Kier molecular flexibility index (Phi) is 3.68. The molecular weight excluding hydrogens is 216 g/mol. The Morgan fingerprint density at radius 3 is 2.73 bits per heavy atom. The van der Waals surface area contributed by atoms with E-state index in [1.807, 2.05) is 0 Å². The van der Waals surface area contributed by atoms with E-state index in [1.54, 1.807) is 13.8 Å². The van der Waals surface area contributed by atoms with Gasteiger partial charge in [0, 0.05) is 10.7 Å². The Morgan fingerprint density at radius 2 is 2.13 bits per heavy atom. The molecule has 0 bridgehead atoms. The summed E-state index contributed by atoms with van der Waals surface area (Å²) in [7, 11) is 0. The number of hydrogen-bond donors (Lipinski definition) is 2. The van der Waals surface area contributed by atoms with Gasteiger partial charge in [0.25, 0.3) is 5.91 Å². The van der Waals surface area contributed by atoms with Crippen LogP contribution in [0.2, 0.25) is 5.02 Å². The molecule has 1 aromatic rings. The third-order valence-corrected chi connectivity index (χ3v) is 1.82. The van der Waals surface area contributed by atoms with Crippen LogP contribution in [0.25, 0.3) is 0 Å². The summed E-state index contributed by atoms with van der Waals surface area (Å²) in [5.74, 6) is -0.614. The first-order valence-corrected chi connectivity index (χ1v) is 4.68. The molecular formula is C10H11ClN2O2. The highest BCUT2D eigenvalue weighted by Gasteiger charge is 2.10. The Bertz CT molecular complexity index is 412. The van der Waals surface area contributed by atoms with Gasteiger partial charge < -0.3 is 5.11 Å². The number of rotatable bonds is 2. The average Bonchev–Trinajstić information content (AvgIpc) is 2.18. The van der Waals surface area contributed by atoms with Gasteiger partial charge in [0.15, 0.2) is 0 Å². The number of phenolic OH excluding ortho intramolecular Hbond substituents is 1. The summed E-state index contributed by atoms with van der Waals surface area (Å²) in [6.07, 6.45) is 0. The van der Waals surface area contributed by atoms with Crippen molar-refractivity contribution in [1.29, 1.82) is 0 Å². The predicted molar refractivity (Wildman–Crippen MR) is 59.4 cm³/mol. The molecule has 0 spiro atoms. The standard InChI is InChI=1S/C10H11ClN2O2/c1-6(2)12-13-10(15)8-5-7(11)3-4-9(8)14/h3-5,14H,1-2H3,(H,13,15). The molecule has 0 fully saturated rings. The molecule has 0 saturated heterocycles. The van der Waals surface area contributed by atoms with E-state index in [0.717, 1.165) is 0 Å². The van der Waals surface area contributed by atoms with E-state index in [0.29, 0.717) is 10.7 Å². The lowest BCUT2D eigenvalue weighted by molar-refractivity contribution is 0.0952. The molecule has 1 rings (SSSR count). The van der Waals surface area contributed by atoms with E-state index in [-0.39, 0.29) is 11.3 Å². The molecule has 0 radical (unpaired) electrons. The summed E-state index contributed by atoms with van der Waals surface area (Å²) in [6.45, 7) is 3.50. The molecule has 15 heavy (non-hydrogen) atoms. The molecule has 0 saturated carbocycles. The van der Waals surface area contributed by atoms with Gasteiger partial charge in [0.2, 0.25) is 0 Å². The van der Waals surface area contributed by atoms with Crippen molar-refractivity contribution in [2.45, 2.75) is 13.8 Å². The monoisotopic (exact) mass is 226 g/mol. The number of carbonyl (C=O) groups is 1. The van der Waals surface area contributed by atoms with Crippen LogP contribution in [0.15, 0.2) is 23.3 Å². The van der Waals surface area contributed by atoms with Gasteiger partial charge >= 0.3 is 0 Å². The number of carbonyl (C=O) groups excluding carboxylic acids is 1. The van der Waals surface area contributed by atoms with Crippen LogP contribution < -0.4 is 5.43 Å². The van der Waals surface area contributed by atoms with E-state index in [1.165, 1.54) is 18.2 Å². The Balaban J connectivity index is 2.91. The highest BCUT2D eigenvalue weighted by atomic mass is 35.5. The zero-order chi connectivity index (χ0) is 11.4. The van der Waals surface area contributed by atoms with Crippen molar-refractivity contribution in [1.82, 2.24) is 5.43 Å². The fourth-order valence-electron chi connectivity index (χ4n) is 0.913. The van der Waals surface area contributed by atoms with Crippen molar-refractivity contribution < 1.29 is 9.90 Å². The molecule has 0 atom stereocenters. The lowest BCUT2D eigenvalue weighted by Crippen LogP contribution is -2.18. The zero-order valence-corrected chi connectivity index (χ0v) is 9.17. The van der Waals surface area contributed by atoms with E-state index < -0.39 is 5.91 Å². The van der Waals surface area contributed by atoms with Gasteiger partial charge in [0.1, 0.15) is 5.75 Å². The Labute approximate surface area is 92.6 Å². The first-order valence-electron chi connectivity index (χ1n) is 4.30. The van der Waals surface area contributed by atoms with Crippen molar-refractivity contribution >= 4 is 23.2 Å². The summed E-state index contributed by atoms with van der Waals surface area (Å²) < 4.78 is 0. The molecule has 80 valence electrons. The summed E-state index contributed by atoms with van der Waals surface area (Å²) in [5, 5.41) is 13.5. The first kappa shape index (κ1) is 11.5. The lowest BCUT2D eigenvalue weighted by atomic mass is 10.2. The quantitative estimate of drug-likeness (QED) is 0.600. The lowest BCUT2D eigenvalue weighted by Gasteiger charge is -2.03. The van der Waals surface area contributed by atoms with Crippen LogP contribution in [0.3, 0.4) is 0 Å². The van der Waals surface area contributed by atoms with Crippen LogP contribution in [0.1, 0.15) is 24.2 Å². The topological polar surface area (TPSA) is 61.7 Å². The van der Waals surface area contributed by atoms with Gasteiger partial charge in [-0.15, -0.1) is 0 Å². The number of benzene rings is 1. The smallest absolute Gasteiger partial charge is 0.275 e. The second-order valence-corrected chi connectivity index (χ2v) is 3.60. The minimum absolute atomic E-state index is 0.104. The number of nitrogens with zero attached hydrogens (tertiary/aromatic N) is 1. The van der Waals surface area contributed by atoms with Gasteiger partial charge in [-0.3, -0.25) is 4.79 Å². The Morgan fingerprint density at radius 1 is 1.47 bits per heavy atom. The van der Waals surface area contributed by atoms with Crippen LogP contribution >= 0.6 is 11.6 Å². The minimum Gasteiger partial charge on any atom is -0.507 e. The molecule has 1 amide bonds. The van der Waals surface area contributed by atoms with Crippen LogP contribution in [0.4, 0.5) is 0 Å². The summed E-state index contributed by atoms with van der Waals surface area (Å²) in [5.41, 5.74) is 3.11. The van der Waals surface area contributed by atoms with Gasteiger partial charge in [-0.25, -0.2) is 5.43 Å². The molecule has 4 nitrogen and oxygen atoms in total. The van der Waals surface area contributed by atoms with Gasteiger partial charge in [-0.05, 0) is 32.0 Å². The average molecular weight is 227 g/mol. The van der Waals surface area contributed by atoms with Crippen molar-refractivity contribution in [3.8, 4) is 5.75 Å². The molecule has 0 heterocycles. The highest BCUT2D eigenvalue weighted by Crippen LogP contribution is 2.21. The van der Waals surface area contributed by atoms with Crippen LogP contribution in [0, 0.1) is 0 Å². The third kappa shape index (κ3) is 3.25. The van der Waals surface area contributed by atoms with Crippen molar-refractivity contribution in [2.75, 3.05) is 0 Å². The van der Waals surface area contributed by atoms with Crippen LogP contribution in [-0.2, 0) is 0 Å². The molecule has 0 aliphatic carbocycles. The number of hydrazone groups is 1. The fraction of sp³-hybridized carbons (Fsp3) is 0.200. The third-order valence-electron chi connectivity index (χ3n) is 1.58. The normalized spacial score (nSPS) is 9.53. The van der Waals surface area contributed by atoms with E-state index in [2.05, 4.69) is 10.5 Å². The SMILES string of the molecule is CC(C)=NNC(=O)c1cc(Cl)ccc1O. The highest BCUT2D eigenvalue weighted by molar-refractivity contribution is 6.31. The molecule has 0 unspecified atom stereocenters. The largest absolute Gasteiger partial charge is 0.507 e. The number of aromatic hydroxyl groups is 1. The maximum Gasteiger partial charge on any atom is 0.275 e. The van der Waals surface area contributed by atoms with E-state index in [4.69, 9.17) is 11.6 Å². The van der Waals surface area contributed by atoms with Crippen molar-refractivity contribution in [3.63, 3.8) is 0 Å². The number of halogens is 1. The number of amides is 1. The maximum absolute atomic E-state index is 11.5. The van der Waals surface area contributed by atoms with Crippen LogP contribution in [0.5, 0.6) is 5.75 Å². The first-order chi connectivity index (χ1) is 7.00. The molecule has 0 aliphatic rings. The van der Waals surface area contributed by atoms with Gasteiger partial charge in [-0.2, -0.15) is 5.10 Å². The minimum atomic E-state index is -0.490. The summed E-state index contributed by atoms with van der Waals surface area (Å²) in [6, 6.07) is 4.24. The summed E-state index contributed by atoms with van der Waals surface area (Å²) >= 11 is 5.70. The molecule has 0 aliphatic heterocycles. The number of phenols is 1. The fourth-order valence-corrected chi connectivity index (χ4v) is 1.09. The van der Waals surface area contributed by atoms with Crippen molar-refractivity contribution in [2.24, 2.45) is 5.10 Å². The number of hydrogen-bond acceptors (Lipinski definition) is 3. The van der Waals surface area contributed by atoms with Crippen LogP contribution in [-0.4, -0.2) is 16.7 Å². The molecule has 2 N–H and O–H groups in total. The molecule has 0 aromatic heterocycles. The van der Waals surface area contributed by atoms with Gasteiger partial charge in [-0.1, -0.05) is 11.6 Å². The summed E-state index contributed by atoms with van der Waals surface area (Å²) in [4.78, 5) is 11.5. The van der Waals surface area contributed by atoms with E-state index in [9.17, 15) is 9.90 Å². The molecule has 1 aromatic carbocycles. The van der Waals surface area contributed by atoms with Crippen molar-refractivity contribution in [3.05, 3.63) is 28.8 Å². The molecule has 5 heteroatoms. The van der Waals surface area contributed by atoms with Gasteiger partial charge in [0.05, 0.1) is 5.56 Å². The second-order valence-electron chi connectivity index (χ2n) is 3.16. The van der Waals surface area contributed by atoms with E-state index >= 15 is 0 Å². The second kappa shape index (κ2) is 4.79. The number of nitrogens with one attached hydrogen (secondary N) is 1. The predicted octanol–water partition coefficient (Wildman–Crippen LogP) is 2.17.